The summed E-state index contributed by atoms with van der Waals surface area (Å²) in [6.07, 6.45) is 0. The fourth-order valence-electron chi connectivity index (χ4n) is 2.29. The van der Waals surface area contributed by atoms with Gasteiger partial charge in [-0.2, -0.15) is 0 Å². The topological polar surface area (TPSA) is 50.2 Å². The van der Waals surface area contributed by atoms with Crippen LogP contribution in [0.3, 0.4) is 0 Å². The van der Waals surface area contributed by atoms with E-state index in [9.17, 15) is 9.90 Å². The highest BCUT2D eigenvalue weighted by Gasteiger charge is 2.22. The minimum atomic E-state index is -0.915. The number of aromatic carboxylic acids is 1. The number of pyridine rings is 1. The molecule has 0 aliphatic carbocycles. The summed E-state index contributed by atoms with van der Waals surface area (Å²) in [5, 5.41) is 10.2. The van der Waals surface area contributed by atoms with E-state index in [0.29, 0.717) is 10.9 Å². The Bertz CT molecular complexity index is 715. The van der Waals surface area contributed by atoms with Crippen molar-refractivity contribution in [2.75, 3.05) is 0 Å². The van der Waals surface area contributed by atoms with E-state index in [1.807, 2.05) is 40.7 Å². The van der Waals surface area contributed by atoms with Gasteiger partial charge in [0.15, 0.2) is 0 Å². The molecule has 0 atom stereocenters. The summed E-state index contributed by atoms with van der Waals surface area (Å²) in [6.45, 7) is 10.0. The smallest absolute Gasteiger partial charge is 0.336 e. The van der Waals surface area contributed by atoms with Crippen molar-refractivity contribution >= 4 is 32.8 Å². The Morgan fingerprint density at radius 3 is 2.35 bits per heavy atom. The van der Waals surface area contributed by atoms with Gasteiger partial charge in [-0.1, -0.05) is 36.7 Å². The lowest BCUT2D eigenvalue weighted by Crippen LogP contribution is -2.15. The zero-order chi connectivity index (χ0) is 15.2. The summed E-state index contributed by atoms with van der Waals surface area (Å²) in [5.74, 6) is -0.915. The number of aromatic nitrogens is 1. The molecule has 20 heavy (non-hydrogen) atoms. The van der Waals surface area contributed by atoms with Crippen LogP contribution in [0.5, 0.6) is 0 Å². The standard InChI is InChI=1S/C16H18BrNO2/c1-8-6-11-13(9(2)14(8)17)10(15(19)20)7-12(18-11)16(3,4)5/h6-7H,1-5H3,(H,19,20). The molecule has 1 heterocycles. The predicted molar refractivity (Wildman–Crippen MR) is 84.6 cm³/mol. The third kappa shape index (κ3) is 2.44. The van der Waals surface area contributed by atoms with Crippen LogP contribution < -0.4 is 0 Å². The number of nitrogens with zero attached hydrogens (tertiary/aromatic N) is 1. The molecule has 2 aromatic rings. The molecular formula is C16H18BrNO2. The van der Waals surface area contributed by atoms with Crippen molar-refractivity contribution < 1.29 is 9.90 Å². The molecule has 0 saturated carbocycles. The second-order valence-corrected chi connectivity index (χ2v) is 6.93. The highest BCUT2D eigenvalue weighted by Crippen LogP contribution is 2.33. The Balaban J connectivity index is 2.97. The van der Waals surface area contributed by atoms with Gasteiger partial charge >= 0.3 is 5.97 Å². The molecule has 0 fully saturated rings. The summed E-state index contributed by atoms with van der Waals surface area (Å²) < 4.78 is 0.942. The maximum Gasteiger partial charge on any atom is 0.336 e. The van der Waals surface area contributed by atoms with Crippen LogP contribution in [0, 0.1) is 13.8 Å². The average molecular weight is 336 g/mol. The van der Waals surface area contributed by atoms with Gasteiger partial charge in [0.2, 0.25) is 0 Å². The summed E-state index contributed by atoms with van der Waals surface area (Å²) in [4.78, 5) is 16.3. The van der Waals surface area contributed by atoms with Crippen LogP contribution in [0.4, 0.5) is 0 Å². The largest absolute Gasteiger partial charge is 0.478 e. The highest BCUT2D eigenvalue weighted by molar-refractivity contribution is 9.10. The maximum absolute atomic E-state index is 11.6. The number of carboxylic acid groups (broad SMARTS) is 1. The first-order chi connectivity index (χ1) is 9.12. The average Bonchev–Trinajstić information content (AvgIpc) is 2.33. The van der Waals surface area contributed by atoms with Crippen LogP contribution in [-0.2, 0) is 5.41 Å². The summed E-state index contributed by atoms with van der Waals surface area (Å²) in [7, 11) is 0. The molecule has 1 N–H and O–H groups in total. The van der Waals surface area contributed by atoms with Gasteiger partial charge in [-0.25, -0.2) is 4.79 Å². The molecule has 3 nitrogen and oxygen atoms in total. The van der Waals surface area contributed by atoms with Crippen molar-refractivity contribution in [1.82, 2.24) is 4.98 Å². The number of aryl methyl sites for hydroxylation is 2. The van der Waals surface area contributed by atoms with E-state index >= 15 is 0 Å². The minimum Gasteiger partial charge on any atom is -0.478 e. The molecule has 1 aromatic carbocycles. The van der Waals surface area contributed by atoms with E-state index < -0.39 is 5.97 Å². The second-order valence-electron chi connectivity index (χ2n) is 6.14. The SMILES string of the molecule is Cc1cc2nc(C(C)(C)C)cc(C(=O)O)c2c(C)c1Br. The van der Waals surface area contributed by atoms with E-state index in [-0.39, 0.29) is 5.41 Å². The lowest BCUT2D eigenvalue weighted by atomic mass is 9.89. The van der Waals surface area contributed by atoms with Crippen molar-refractivity contribution in [3.8, 4) is 0 Å². The first kappa shape index (κ1) is 15.0. The summed E-state index contributed by atoms with van der Waals surface area (Å²) >= 11 is 3.52. The van der Waals surface area contributed by atoms with Crippen LogP contribution in [0.15, 0.2) is 16.6 Å². The van der Waals surface area contributed by atoms with Crippen LogP contribution >= 0.6 is 15.9 Å². The van der Waals surface area contributed by atoms with E-state index in [1.165, 1.54) is 0 Å². The van der Waals surface area contributed by atoms with Gasteiger partial charge in [0.05, 0.1) is 11.1 Å². The molecule has 0 unspecified atom stereocenters. The number of benzene rings is 1. The lowest BCUT2D eigenvalue weighted by Gasteiger charge is -2.20. The van der Waals surface area contributed by atoms with Crippen molar-refractivity contribution in [3.05, 3.63) is 39.0 Å². The number of halogens is 1. The maximum atomic E-state index is 11.6. The van der Waals surface area contributed by atoms with E-state index in [0.717, 1.165) is 26.8 Å². The van der Waals surface area contributed by atoms with Gasteiger partial charge in [-0.15, -0.1) is 0 Å². The number of hydrogen-bond donors (Lipinski definition) is 1. The van der Waals surface area contributed by atoms with Gasteiger partial charge < -0.3 is 5.11 Å². The van der Waals surface area contributed by atoms with Crippen LogP contribution in [0.1, 0.15) is 48.0 Å². The normalized spacial score (nSPS) is 11.9. The van der Waals surface area contributed by atoms with E-state index in [1.54, 1.807) is 6.07 Å². The molecule has 106 valence electrons. The molecule has 0 aliphatic heterocycles. The number of rotatable bonds is 1. The van der Waals surface area contributed by atoms with Gasteiger partial charge in [0.25, 0.3) is 0 Å². The third-order valence-electron chi connectivity index (χ3n) is 3.45. The molecule has 2 rings (SSSR count). The van der Waals surface area contributed by atoms with Crippen molar-refractivity contribution in [2.24, 2.45) is 0 Å². The van der Waals surface area contributed by atoms with Gasteiger partial charge in [-0.05, 0) is 37.1 Å². The van der Waals surface area contributed by atoms with Crippen molar-refractivity contribution in [1.29, 1.82) is 0 Å². The van der Waals surface area contributed by atoms with Crippen LogP contribution in [0.25, 0.3) is 10.9 Å². The van der Waals surface area contributed by atoms with Gasteiger partial charge in [-0.3, -0.25) is 4.98 Å². The summed E-state index contributed by atoms with van der Waals surface area (Å²) in [6, 6.07) is 3.63. The number of carbonyl (C=O) groups is 1. The molecule has 0 saturated heterocycles. The van der Waals surface area contributed by atoms with Crippen molar-refractivity contribution in [3.63, 3.8) is 0 Å². The molecule has 4 heteroatoms. The fraction of sp³-hybridized carbons (Fsp3) is 0.375. The van der Waals surface area contributed by atoms with Crippen LogP contribution in [0.2, 0.25) is 0 Å². The Morgan fingerprint density at radius 1 is 1.25 bits per heavy atom. The van der Waals surface area contributed by atoms with Gasteiger partial charge in [0.1, 0.15) is 0 Å². The first-order valence-corrected chi connectivity index (χ1v) is 7.26. The monoisotopic (exact) mass is 335 g/mol. The molecule has 0 aliphatic rings. The number of fused-ring (bicyclic) bond motifs is 1. The minimum absolute atomic E-state index is 0.187. The molecular weight excluding hydrogens is 318 g/mol. The predicted octanol–water partition coefficient (Wildman–Crippen LogP) is 4.61. The number of carboxylic acids is 1. The zero-order valence-corrected chi connectivity index (χ0v) is 13.9. The van der Waals surface area contributed by atoms with E-state index in [2.05, 4.69) is 20.9 Å². The van der Waals surface area contributed by atoms with E-state index in [4.69, 9.17) is 0 Å². The summed E-state index contributed by atoms with van der Waals surface area (Å²) in [5.41, 5.74) is 3.65. The quantitative estimate of drug-likeness (QED) is 0.827. The Hall–Kier alpha value is -1.42. The zero-order valence-electron chi connectivity index (χ0n) is 12.3. The Kier molecular flexibility index (Phi) is 3.63. The molecule has 0 spiro atoms. The Labute approximate surface area is 127 Å². The van der Waals surface area contributed by atoms with Crippen LogP contribution in [-0.4, -0.2) is 16.1 Å². The molecule has 0 amide bonds. The lowest BCUT2D eigenvalue weighted by molar-refractivity contribution is 0.0698. The third-order valence-corrected chi connectivity index (χ3v) is 4.67. The van der Waals surface area contributed by atoms with Crippen molar-refractivity contribution in [2.45, 2.75) is 40.0 Å². The molecule has 0 radical (unpaired) electrons. The Morgan fingerprint density at radius 2 is 1.85 bits per heavy atom. The second kappa shape index (κ2) is 4.85. The number of hydrogen-bond acceptors (Lipinski definition) is 2. The highest BCUT2D eigenvalue weighted by atomic mass is 79.9. The molecule has 1 aromatic heterocycles. The van der Waals surface area contributed by atoms with Gasteiger partial charge in [0, 0.05) is 21.0 Å². The molecule has 0 bridgehead atoms. The first-order valence-electron chi connectivity index (χ1n) is 6.47. The fourth-order valence-corrected chi connectivity index (χ4v) is 2.60.